The lowest BCUT2D eigenvalue weighted by Gasteiger charge is -2.63. The standard InChI is InChI=1S/C38H62N2O4/c1-27(14-17-35(41)43-5)31-15-16-32-36-33(19-21-38(31,32)3)37(2)20-18-30(24-28(37)25-34(36)44-26-42-4)40-22-10-7-6-8-12-29-13-9-11-23-39-29/h9,11,13,23,27-28,30-34,36,40H,6-8,10,12,14-22,24-26H2,1-5H3/t27-,28+,30-,31-,32?,33?,34?,36?,37+,38-/m1/s1. The largest absolute Gasteiger partial charge is 0.469 e. The third-order valence-electron chi connectivity index (χ3n) is 13.4. The summed E-state index contributed by atoms with van der Waals surface area (Å²) in [7, 11) is 3.28. The van der Waals surface area contributed by atoms with Gasteiger partial charge in [0, 0.05) is 31.5 Å². The SMILES string of the molecule is COCOC1C[C@@H]2C[C@H](NCCCCCCc3ccccn3)CC[C@]2(C)C2CC[C@@]3(C)C(CC[C@@H]3[C@H](C)CCC(=O)OC)C12. The summed E-state index contributed by atoms with van der Waals surface area (Å²) in [6, 6.07) is 6.87. The first-order valence-corrected chi connectivity index (χ1v) is 18.1. The Morgan fingerprint density at radius 3 is 2.57 bits per heavy atom. The van der Waals surface area contributed by atoms with Crippen LogP contribution in [0.4, 0.5) is 0 Å². The fourth-order valence-electron chi connectivity index (χ4n) is 11.0. The first kappa shape index (κ1) is 33.9. The van der Waals surface area contributed by atoms with E-state index in [1.54, 1.807) is 7.11 Å². The Labute approximate surface area is 268 Å². The van der Waals surface area contributed by atoms with Gasteiger partial charge in [-0.3, -0.25) is 9.78 Å². The molecule has 0 amide bonds. The Balaban J connectivity index is 1.16. The minimum Gasteiger partial charge on any atom is -0.469 e. The molecule has 4 fully saturated rings. The molecule has 4 saturated carbocycles. The van der Waals surface area contributed by atoms with Crippen molar-refractivity contribution in [2.75, 3.05) is 27.6 Å². The number of carbonyl (C=O) groups is 1. The minimum absolute atomic E-state index is 0.0683. The lowest BCUT2D eigenvalue weighted by molar-refractivity contribution is -0.203. The van der Waals surface area contributed by atoms with E-state index in [0.717, 1.165) is 31.2 Å². The van der Waals surface area contributed by atoms with Gasteiger partial charge in [0.1, 0.15) is 6.79 Å². The Hall–Kier alpha value is -1.50. The van der Waals surface area contributed by atoms with Gasteiger partial charge in [0.2, 0.25) is 0 Å². The zero-order valence-electron chi connectivity index (χ0n) is 28.5. The molecule has 0 radical (unpaired) electrons. The number of fused-ring (bicyclic) bond motifs is 5. The van der Waals surface area contributed by atoms with E-state index < -0.39 is 0 Å². The van der Waals surface area contributed by atoms with Gasteiger partial charge >= 0.3 is 5.97 Å². The number of ether oxygens (including phenoxy) is 3. The average molecular weight is 611 g/mol. The van der Waals surface area contributed by atoms with Gasteiger partial charge in [-0.15, -0.1) is 0 Å². The number of carbonyl (C=O) groups excluding carboxylic acids is 1. The van der Waals surface area contributed by atoms with E-state index >= 15 is 0 Å². The highest BCUT2D eigenvalue weighted by atomic mass is 16.7. The second-order valence-electron chi connectivity index (χ2n) is 15.6. The maximum atomic E-state index is 11.9. The Morgan fingerprint density at radius 1 is 1.00 bits per heavy atom. The lowest BCUT2D eigenvalue weighted by atomic mass is 9.43. The van der Waals surface area contributed by atoms with Gasteiger partial charge in [-0.05, 0) is 142 Å². The van der Waals surface area contributed by atoms with Crippen molar-refractivity contribution in [3.8, 4) is 0 Å². The van der Waals surface area contributed by atoms with Gasteiger partial charge in [-0.2, -0.15) is 0 Å². The number of hydrogen-bond donors (Lipinski definition) is 1. The number of hydrogen-bond acceptors (Lipinski definition) is 6. The van der Waals surface area contributed by atoms with E-state index in [1.165, 1.54) is 89.9 Å². The summed E-state index contributed by atoms with van der Waals surface area (Å²) in [5.41, 5.74) is 1.97. The zero-order valence-corrected chi connectivity index (χ0v) is 28.5. The molecule has 44 heavy (non-hydrogen) atoms. The molecular weight excluding hydrogens is 548 g/mol. The van der Waals surface area contributed by atoms with E-state index in [-0.39, 0.29) is 5.97 Å². The number of pyridine rings is 1. The van der Waals surface area contributed by atoms with Gasteiger partial charge in [0.05, 0.1) is 13.2 Å². The predicted molar refractivity (Wildman–Crippen MR) is 176 cm³/mol. The summed E-state index contributed by atoms with van der Waals surface area (Å²) in [5, 5.41) is 3.99. The first-order chi connectivity index (χ1) is 21.3. The molecule has 1 heterocycles. The maximum absolute atomic E-state index is 11.9. The number of rotatable bonds is 15. The highest BCUT2D eigenvalue weighted by Gasteiger charge is 2.63. The van der Waals surface area contributed by atoms with Gasteiger partial charge in [-0.1, -0.05) is 39.7 Å². The predicted octanol–water partition coefficient (Wildman–Crippen LogP) is 7.99. The minimum atomic E-state index is -0.0683. The third kappa shape index (κ3) is 7.39. The smallest absolute Gasteiger partial charge is 0.305 e. The number of esters is 1. The van der Waals surface area contributed by atoms with Crippen LogP contribution in [0.25, 0.3) is 0 Å². The molecule has 0 spiro atoms. The quantitative estimate of drug-likeness (QED) is 0.123. The molecule has 0 saturated heterocycles. The van der Waals surface area contributed by atoms with Crippen LogP contribution in [-0.2, 0) is 25.4 Å². The maximum Gasteiger partial charge on any atom is 0.305 e. The molecule has 4 unspecified atom stereocenters. The van der Waals surface area contributed by atoms with Crippen molar-refractivity contribution in [3.05, 3.63) is 30.1 Å². The molecule has 6 heteroatoms. The highest BCUT2D eigenvalue weighted by Crippen LogP contribution is 2.68. The lowest BCUT2D eigenvalue weighted by Crippen LogP contribution is -2.60. The summed E-state index contributed by atoms with van der Waals surface area (Å²) < 4.78 is 17.1. The number of nitrogens with zero attached hydrogens (tertiary/aromatic N) is 1. The number of aromatic nitrogens is 1. The van der Waals surface area contributed by atoms with Crippen molar-refractivity contribution >= 4 is 5.97 Å². The van der Waals surface area contributed by atoms with E-state index in [0.29, 0.717) is 59.9 Å². The van der Waals surface area contributed by atoms with Crippen LogP contribution in [0.15, 0.2) is 24.4 Å². The molecule has 0 bridgehead atoms. The molecule has 5 rings (SSSR count). The third-order valence-corrected chi connectivity index (χ3v) is 13.4. The average Bonchev–Trinajstić information content (AvgIpc) is 3.39. The molecule has 4 aliphatic rings. The fourth-order valence-corrected chi connectivity index (χ4v) is 11.0. The van der Waals surface area contributed by atoms with Gasteiger partial charge < -0.3 is 19.5 Å². The van der Waals surface area contributed by atoms with Crippen molar-refractivity contribution in [3.63, 3.8) is 0 Å². The normalized spacial score (nSPS) is 37.1. The van der Waals surface area contributed by atoms with Gasteiger partial charge in [0.25, 0.3) is 0 Å². The summed E-state index contributed by atoms with van der Waals surface area (Å²) in [4.78, 5) is 16.4. The Kier molecular flexibility index (Phi) is 11.8. The molecule has 4 aliphatic carbocycles. The van der Waals surface area contributed by atoms with Gasteiger partial charge in [-0.25, -0.2) is 0 Å². The molecule has 248 valence electrons. The van der Waals surface area contributed by atoms with Crippen molar-refractivity contribution in [2.45, 2.75) is 129 Å². The van der Waals surface area contributed by atoms with Crippen LogP contribution < -0.4 is 5.32 Å². The first-order valence-electron chi connectivity index (χ1n) is 18.1. The monoisotopic (exact) mass is 610 g/mol. The van der Waals surface area contributed by atoms with Crippen LogP contribution >= 0.6 is 0 Å². The van der Waals surface area contributed by atoms with Crippen molar-refractivity contribution in [1.29, 1.82) is 0 Å². The van der Waals surface area contributed by atoms with Crippen LogP contribution in [0.2, 0.25) is 0 Å². The molecule has 1 N–H and O–H groups in total. The summed E-state index contributed by atoms with van der Waals surface area (Å²) in [6.07, 6.45) is 20.3. The number of methoxy groups -OCH3 is 2. The highest BCUT2D eigenvalue weighted by molar-refractivity contribution is 5.69. The summed E-state index contributed by atoms with van der Waals surface area (Å²) in [5.74, 6) is 3.95. The summed E-state index contributed by atoms with van der Waals surface area (Å²) in [6.45, 7) is 9.20. The Bertz CT molecular complexity index is 1040. The molecule has 1 aromatic heterocycles. The number of aryl methyl sites for hydroxylation is 1. The van der Waals surface area contributed by atoms with Crippen LogP contribution in [0.3, 0.4) is 0 Å². The molecule has 0 aliphatic heterocycles. The van der Waals surface area contributed by atoms with Crippen LogP contribution in [-0.4, -0.2) is 50.7 Å². The fraction of sp³-hybridized carbons (Fsp3) is 0.842. The Morgan fingerprint density at radius 2 is 1.80 bits per heavy atom. The zero-order chi connectivity index (χ0) is 31.2. The van der Waals surface area contributed by atoms with Crippen LogP contribution in [0.5, 0.6) is 0 Å². The number of unbranched alkanes of at least 4 members (excludes halogenated alkanes) is 3. The second kappa shape index (κ2) is 15.4. The van der Waals surface area contributed by atoms with E-state index in [4.69, 9.17) is 14.2 Å². The topological polar surface area (TPSA) is 69.7 Å². The van der Waals surface area contributed by atoms with E-state index in [1.807, 2.05) is 12.3 Å². The van der Waals surface area contributed by atoms with Crippen molar-refractivity contribution < 1.29 is 19.0 Å². The van der Waals surface area contributed by atoms with Crippen LogP contribution in [0.1, 0.15) is 116 Å². The summed E-state index contributed by atoms with van der Waals surface area (Å²) >= 11 is 0. The van der Waals surface area contributed by atoms with E-state index in [9.17, 15) is 4.79 Å². The van der Waals surface area contributed by atoms with E-state index in [2.05, 4.69) is 43.2 Å². The molecular formula is C38H62N2O4. The second-order valence-corrected chi connectivity index (χ2v) is 15.6. The number of nitrogens with one attached hydrogen (secondary N) is 1. The molecule has 0 aromatic carbocycles. The van der Waals surface area contributed by atoms with Gasteiger partial charge in [0.15, 0.2) is 0 Å². The van der Waals surface area contributed by atoms with Crippen molar-refractivity contribution in [1.82, 2.24) is 10.3 Å². The molecule has 1 aromatic rings. The van der Waals surface area contributed by atoms with Crippen molar-refractivity contribution in [2.24, 2.45) is 46.3 Å². The molecule has 10 atom stereocenters. The molecule has 6 nitrogen and oxygen atoms in total. The van der Waals surface area contributed by atoms with Crippen LogP contribution in [0, 0.1) is 46.3 Å².